The molecule has 1 unspecified atom stereocenters. The molecule has 0 aromatic carbocycles. The van der Waals surface area contributed by atoms with Crippen LogP contribution < -0.4 is 10.6 Å². The Morgan fingerprint density at radius 3 is 1.83 bits per heavy atom. The second-order valence-electron chi connectivity index (χ2n) is 13.5. The van der Waals surface area contributed by atoms with Crippen molar-refractivity contribution >= 4 is 57.1 Å². The normalized spacial score (nSPS) is 13.2. The largest absolute Gasteiger partial charge is 0.466 e. The number of ether oxygens (including phenoxy) is 3. The van der Waals surface area contributed by atoms with Crippen molar-refractivity contribution in [2.75, 3.05) is 37.1 Å². The molecule has 5 heterocycles. The molecule has 5 rings (SSSR count). The number of allylic oxidation sites excluding steroid dienone is 1. The molecule has 3 aromatic rings. The van der Waals surface area contributed by atoms with Crippen LogP contribution in [0.2, 0.25) is 0 Å². The minimum atomic E-state index is -1.50. The Labute approximate surface area is 381 Å². The number of anilines is 1. The van der Waals surface area contributed by atoms with E-state index in [1.807, 2.05) is 56.1 Å². The fraction of sp³-hybridized carbons (Fsp3) is 0.600. The summed E-state index contributed by atoms with van der Waals surface area (Å²) >= 11 is 3.22. The predicted molar refractivity (Wildman–Crippen MR) is 241 cm³/mol. The first-order valence-electron chi connectivity index (χ1n) is 20.6. The van der Waals surface area contributed by atoms with Gasteiger partial charge in [0.1, 0.15) is 23.7 Å². The summed E-state index contributed by atoms with van der Waals surface area (Å²) < 4.78 is 19.8. The third-order valence-corrected chi connectivity index (χ3v) is 9.18. The van der Waals surface area contributed by atoms with Gasteiger partial charge in [-0.1, -0.05) is 22.0 Å². The van der Waals surface area contributed by atoms with Crippen LogP contribution in [0.3, 0.4) is 0 Å². The number of carbonyl (C=O) groups excluding carboxylic acids is 4. The number of rotatable bonds is 15. The molecule has 0 aliphatic carbocycles. The van der Waals surface area contributed by atoms with E-state index in [0.717, 1.165) is 55.1 Å². The lowest BCUT2D eigenvalue weighted by Gasteiger charge is -2.16. The van der Waals surface area contributed by atoms with Crippen molar-refractivity contribution in [1.29, 1.82) is 0 Å². The van der Waals surface area contributed by atoms with Crippen LogP contribution in [0.1, 0.15) is 96.5 Å². The lowest BCUT2D eigenvalue weighted by atomic mass is 10.2. The van der Waals surface area contributed by atoms with E-state index < -0.39 is 10.0 Å². The Morgan fingerprint density at radius 2 is 1.39 bits per heavy atom. The van der Waals surface area contributed by atoms with Crippen molar-refractivity contribution in [3.63, 3.8) is 0 Å². The third-order valence-electron chi connectivity index (χ3n) is 8.62. The molecular formula is C40H64BrN11O12. The molecule has 3 N–H and O–H groups in total. The Balaban J connectivity index is 0.000000782. The Kier molecular flexibility index (Phi) is 30.3. The monoisotopic (exact) mass is 969 g/mol. The van der Waals surface area contributed by atoms with Gasteiger partial charge in [0.2, 0.25) is 5.91 Å². The molecule has 24 heteroatoms. The van der Waals surface area contributed by atoms with Crippen LogP contribution in [0.25, 0.3) is 0 Å². The van der Waals surface area contributed by atoms with Crippen molar-refractivity contribution in [3.8, 4) is 0 Å². The summed E-state index contributed by atoms with van der Waals surface area (Å²) in [5.41, 5.74) is 6.95. The first-order valence-corrected chi connectivity index (χ1v) is 21.7. The molecule has 23 nitrogen and oxygen atoms in total. The molecule has 0 spiro atoms. The SMILES string of the molecule is CC1=NC=CC1.CCOC(=O)CCCBr.CCOC(=O)CCCn1c([N+](=O)[O-])cnc1C.CCOC(=O)CCCn1ccnc1C.Cc1ncc2n1CCC(N)C(=O)N2C.O=[N+]([O-])O. The highest BCUT2D eigenvalue weighted by Crippen LogP contribution is 2.20. The van der Waals surface area contributed by atoms with E-state index >= 15 is 0 Å². The van der Waals surface area contributed by atoms with E-state index in [1.165, 1.54) is 16.5 Å². The standard InChI is InChI=1S/C10H15N3O4.C10H16N2O2.C9H14N4O.C6H11BrO2.C5H7N.HNO3/c1-3-17-10(14)5-4-6-12-8(2)11-7-9(12)13(15)16;1-3-14-10(13)5-4-7-12-8-6-11-9(12)2;1-6-11-5-8-12(2)9(14)7(10)3-4-13(6)8;1-2-9-6(8)4-3-5-7;1-5-3-2-4-6-5;2-1(3)4/h7H,3-6H2,1-2H3;6,8H,3-5,7H2,1-2H3;5,7H,3-4,10H2,1-2H3;2-5H2,1H3;2,4H,3H2,1H3;(H,2,3,4). The third kappa shape index (κ3) is 24.6. The summed E-state index contributed by atoms with van der Waals surface area (Å²) in [6.45, 7) is 16.2. The van der Waals surface area contributed by atoms with E-state index in [9.17, 15) is 29.3 Å². The zero-order valence-electron chi connectivity index (χ0n) is 38.0. The molecule has 0 fully saturated rings. The number of likely N-dealkylation sites (N-methyl/N-ethyl adjacent to an activating group) is 1. The minimum absolute atomic E-state index is 0.0383. The summed E-state index contributed by atoms with van der Waals surface area (Å²) in [5, 5.41) is 25.2. The van der Waals surface area contributed by atoms with Gasteiger partial charge in [0, 0.05) is 82.4 Å². The van der Waals surface area contributed by atoms with E-state index in [2.05, 4.69) is 46.7 Å². The van der Waals surface area contributed by atoms with Crippen LogP contribution in [-0.4, -0.2) is 112 Å². The van der Waals surface area contributed by atoms with Crippen molar-refractivity contribution in [2.24, 2.45) is 10.7 Å². The van der Waals surface area contributed by atoms with Crippen molar-refractivity contribution in [3.05, 3.63) is 74.8 Å². The maximum absolute atomic E-state index is 11.7. The summed E-state index contributed by atoms with van der Waals surface area (Å²) in [6.07, 6.45) is 15.7. The lowest BCUT2D eigenvalue weighted by molar-refractivity contribution is -0.742. The van der Waals surface area contributed by atoms with Crippen LogP contribution in [0.4, 0.5) is 11.6 Å². The highest BCUT2D eigenvalue weighted by molar-refractivity contribution is 9.09. The van der Waals surface area contributed by atoms with Gasteiger partial charge in [-0.3, -0.25) is 29.1 Å². The number of hydrogen-bond donors (Lipinski definition) is 2. The van der Waals surface area contributed by atoms with E-state index in [4.69, 9.17) is 30.5 Å². The van der Waals surface area contributed by atoms with Gasteiger partial charge in [-0.25, -0.2) is 19.5 Å². The number of aliphatic imine (C=N–C) groups is 1. The first-order chi connectivity index (χ1) is 30.3. The average molecular weight is 971 g/mol. The van der Waals surface area contributed by atoms with Crippen LogP contribution in [0, 0.1) is 41.0 Å². The maximum Gasteiger partial charge on any atom is 0.342 e. The van der Waals surface area contributed by atoms with Crippen molar-refractivity contribution in [2.45, 2.75) is 126 Å². The number of alkyl halides is 1. The number of aryl methyl sites for hydroxylation is 4. The van der Waals surface area contributed by atoms with Gasteiger partial charge in [0.15, 0.2) is 5.82 Å². The number of aromatic nitrogens is 6. The number of imidazole rings is 3. The lowest BCUT2D eigenvalue weighted by Crippen LogP contribution is -2.40. The molecule has 358 valence electrons. The van der Waals surface area contributed by atoms with Crippen LogP contribution in [0.5, 0.6) is 0 Å². The van der Waals surface area contributed by atoms with E-state index in [0.29, 0.717) is 57.9 Å². The van der Waals surface area contributed by atoms with Gasteiger partial charge in [-0.05, 0) is 72.1 Å². The number of nitrogens with two attached hydrogens (primary N) is 1. The van der Waals surface area contributed by atoms with Gasteiger partial charge in [0.05, 0.1) is 38.6 Å². The summed E-state index contributed by atoms with van der Waals surface area (Å²) in [4.78, 5) is 80.6. The number of nitrogens with zero attached hydrogens (tertiary/aromatic N) is 10. The Hall–Kier alpha value is -6.04. The Bertz CT molecular complexity index is 1940. The molecule has 2 aliphatic heterocycles. The molecule has 64 heavy (non-hydrogen) atoms. The zero-order chi connectivity index (χ0) is 48.6. The molecule has 1 atom stereocenters. The van der Waals surface area contributed by atoms with Gasteiger partial charge >= 0.3 is 23.7 Å². The fourth-order valence-corrected chi connectivity index (χ4v) is 5.69. The van der Waals surface area contributed by atoms with Gasteiger partial charge < -0.3 is 44.4 Å². The molecular weight excluding hydrogens is 906 g/mol. The number of halogens is 1. The quantitative estimate of drug-likeness (QED) is 0.0615. The number of carbonyl (C=O) groups is 4. The number of fused-ring (bicyclic) bond motifs is 1. The smallest absolute Gasteiger partial charge is 0.342 e. The average Bonchev–Trinajstić information content (AvgIpc) is 4.04. The highest BCUT2D eigenvalue weighted by atomic mass is 79.9. The van der Waals surface area contributed by atoms with Crippen LogP contribution in [-0.2, 0) is 53.0 Å². The summed E-state index contributed by atoms with van der Waals surface area (Å²) in [5.74, 6) is 2.72. The molecule has 0 saturated heterocycles. The molecule has 0 saturated carbocycles. The summed E-state index contributed by atoms with van der Waals surface area (Å²) in [7, 11) is 1.74. The van der Waals surface area contributed by atoms with Crippen molar-refractivity contribution < 1.29 is 48.6 Å². The fourth-order valence-electron chi connectivity index (χ4n) is 5.41. The summed E-state index contributed by atoms with van der Waals surface area (Å²) in [6, 6.07) is -0.390. The molecule has 0 bridgehead atoms. The van der Waals surface area contributed by atoms with Crippen molar-refractivity contribution in [1.82, 2.24) is 28.7 Å². The second kappa shape index (κ2) is 33.5. The maximum atomic E-state index is 11.7. The number of nitro groups is 1. The first kappa shape index (κ1) is 58.0. The van der Waals surface area contributed by atoms with E-state index in [-0.39, 0.29) is 42.1 Å². The van der Waals surface area contributed by atoms with Crippen LogP contribution >= 0.6 is 15.9 Å². The molecule has 0 radical (unpaired) electrons. The molecule has 1 amide bonds. The predicted octanol–water partition coefficient (Wildman–Crippen LogP) is 5.60. The number of esters is 3. The Morgan fingerprint density at radius 1 is 0.859 bits per heavy atom. The minimum Gasteiger partial charge on any atom is -0.466 e. The highest BCUT2D eigenvalue weighted by Gasteiger charge is 2.26. The number of hydrogen-bond acceptors (Lipinski definition) is 16. The second-order valence-corrected chi connectivity index (χ2v) is 14.2. The topological polar surface area (TPSA) is 298 Å². The molecule has 3 aromatic heterocycles. The van der Waals surface area contributed by atoms with E-state index in [1.54, 1.807) is 38.2 Å². The van der Waals surface area contributed by atoms with Gasteiger partial charge in [-0.2, -0.15) is 0 Å². The van der Waals surface area contributed by atoms with Gasteiger partial charge in [-0.15, -0.1) is 10.1 Å². The van der Waals surface area contributed by atoms with Gasteiger partial charge in [0.25, 0.3) is 5.09 Å². The van der Waals surface area contributed by atoms with Crippen LogP contribution in [0.15, 0.2) is 42.1 Å². The zero-order valence-corrected chi connectivity index (χ0v) is 39.6. The number of amides is 1. The molecule has 2 aliphatic rings.